The van der Waals surface area contributed by atoms with Crippen LogP contribution in [0.25, 0.3) is 0 Å². The molecule has 0 amide bonds. The number of hydrogen-bond acceptors (Lipinski definition) is 4. The molecular weight excluding hydrogens is 244 g/mol. The van der Waals surface area contributed by atoms with E-state index in [-0.39, 0.29) is 18.1 Å². The predicted octanol–water partition coefficient (Wildman–Crippen LogP) is 1.86. The van der Waals surface area contributed by atoms with Crippen LogP contribution in [0.3, 0.4) is 0 Å². The fraction of sp³-hybridized carbons (Fsp3) is 0.867. The minimum absolute atomic E-state index is 0.203. The molecule has 19 heavy (non-hydrogen) atoms. The van der Waals surface area contributed by atoms with Gasteiger partial charge in [-0.15, -0.1) is 0 Å². The lowest BCUT2D eigenvalue weighted by atomic mass is 9.89. The van der Waals surface area contributed by atoms with Crippen molar-refractivity contribution in [2.45, 2.75) is 70.5 Å². The maximum Gasteiger partial charge on any atom is 0.132 e. The molecule has 1 rings (SSSR count). The number of carbonyl (C=O) groups is 2. The average molecular weight is 270 g/mol. The topological polar surface area (TPSA) is 74.6 Å². The molecule has 0 radical (unpaired) electrons. The molecule has 0 aromatic rings. The fourth-order valence-electron chi connectivity index (χ4n) is 2.90. The van der Waals surface area contributed by atoms with Gasteiger partial charge in [-0.25, -0.2) is 0 Å². The summed E-state index contributed by atoms with van der Waals surface area (Å²) in [6.45, 7) is 2.13. The standard InChI is InChI=1S/C15H26O4/c1-2-3-4-5-6-11(17)7-8-12-13(10-16)15(19)9-14(12)18/h10,12-15,18-19H,2-9H2,1H3/t12-,13+,14-,15+/m0/s1. The summed E-state index contributed by atoms with van der Waals surface area (Å²) in [5.41, 5.74) is 0. The highest BCUT2D eigenvalue weighted by Crippen LogP contribution is 2.34. The Morgan fingerprint density at radius 3 is 2.53 bits per heavy atom. The second-order valence-corrected chi connectivity index (χ2v) is 5.64. The van der Waals surface area contributed by atoms with Gasteiger partial charge in [-0.3, -0.25) is 4.79 Å². The lowest BCUT2D eigenvalue weighted by Gasteiger charge is -2.18. The van der Waals surface area contributed by atoms with E-state index in [0.717, 1.165) is 32.0 Å². The number of aliphatic hydroxyl groups is 2. The summed E-state index contributed by atoms with van der Waals surface area (Å²) in [5, 5.41) is 19.4. The molecule has 0 aliphatic heterocycles. The third kappa shape index (κ3) is 5.03. The molecule has 0 heterocycles. The van der Waals surface area contributed by atoms with Gasteiger partial charge in [-0.2, -0.15) is 0 Å². The molecule has 4 atom stereocenters. The summed E-state index contributed by atoms with van der Waals surface area (Å²) in [6.07, 6.45) is 5.40. The third-order valence-electron chi connectivity index (χ3n) is 4.14. The van der Waals surface area contributed by atoms with E-state index in [1.54, 1.807) is 0 Å². The van der Waals surface area contributed by atoms with Crippen LogP contribution in [0.5, 0.6) is 0 Å². The van der Waals surface area contributed by atoms with Crippen LogP contribution in [0.1, 0.15) is 58.3 Å². The van der Waals surface area contributed by atoms with E-state index in [0.29, 0.717) is 19.3 Å². The van der Waals surface area contributed by atoms with Crippen molar-refractivity contribution in [3.63, 3.8) is 0 Å². The molecule has 1 aliphatic carbocycles. The average Bonchev–Trinajstić information content (AvgIpc) is 2.66. The van der Waals surface area contributed by atoms with Crippen LogP contribution in [0.2, 0.25) is 0 Å². The van der Waals surface area contributed by atoms with Gasteiger partial charge in [0, 0.05) is 25.2 Å². The van der Waals surface area contributed by atoms with Crippen LogP contribution in [0, 0.1) is 11.8 Å². The Kier molecular flexibility index (Phi) is 7.24. The Morgan fingerprint density at radius 2 is 1.89 bits per heavy atom. The van der Waals surface area contributed by atoms with Gasteiger partial charge in [0.2, 0.25) is 0 Å². The van der Waals surface area contributed by atoms with Crippen molar-refractivity contribution in [2.75, 3.05) is 0 Å². The number of aliphatic hydroxyl groups excluding tert-OH is 2. The number of rotatable bonds is 9. The van der Waals surface area contributed by atoms with E-state index in [1.807, 2.05) is 0 Å². The molecule has 0 aromatic carbocycles. The summed E-state index contributed by atoms with van der Waals surface area (Å²) in [7, 11) is 0. The molecule has 1 fully saturated rings. The normalized spacial score (nSPS) is 30.5. The molecule has 0 bridgehead atoms. The van der Waals surface area contributed by atoms with Crippen molar-refractivity contribution < 1.29 is 19.8 Å². The van der Waals surface area contributed by atoms with Crippen LogP contribution in [-0.2, 0) is 9.59 Å². The number of carbonyl (C=O) groups excluding carboxylic acids is 2. The first-order chi connectivity index (χ1) is 9.10. The number of ketones is 1. The van der Waals surface area contributed by atoms with Crippen molar-refractivity contribution in [2.24, 2.45) is 11.8 Å². The SMILES string of the molecule is CCCCCCC(=O)CC[C@H]1[C@@H](C=O)[C@H](O)C[C@@H]1O. The Hall–Kier alpha value is -0.740. The quantitative estimate of drug-likeness (QED) is 0.495. The van der Waals surface area contributed by atoms with Crippen molar-refractivity contribution in [3.8, 4) is 0 Å². The van der Waals surface area contributed by atoms with E-state index in [1.165, 1.54) is 0 Å². The van der Waals surface area contributed by atoms with E-state index in [4.69, 9.17) is 0 Å². The van der Waals surface area contributed by atoms with E-state index in [9.17, 15) is 19.8 Å². The van der Waals surface area contributed by atoms with Gasteiger partial charge in [-0.1, -0.05) is 26.2 Å². The second kappa shape index (κ2) is 8.43. The van der Waals surface area contributed by atoms with Gasteiger partial charge in [0.05, 0.1) is 12.2 Å². The fourth-order valence-corrected chi connectivity index (χ4v) is 2.90. The molecule has 2 N–H and O–H groups in total. The lowest BCUT2D eigenvalue weighted by molar-refractivity contribution is -0.120. The van der Waals surface area contributed by atoms with Crippen molar-refractivity contribution in [1.82, 2.24) is 0 Å². The largest absolute Gasteiger partial charge is 0.393 e. The Bertz CT molecular complexity index is 290. The molecule has 4 heteroatoms. The maximum atomic E-state index is 11.7. The zero-order valence-corrected chi connectivity index (χ0v) is 11.8. The van der Waals surface area contributed by atoms with Crippen molar-refractivity contribution >= 4 is 12.1 Å². The second-order valence-electron chi connectivity index (χ2n) is 5.64. The first-order valence-corrected chi connectivity index (χ1v) is 7.43. The predicted molar refractivity (Wildman–Crippen MR) is 72.7 cm³/mol. The van der Waals surface area contributed by atoms with Crippen LogP contribution in [0.4, 0.5) is 0 Å². The highest BCUT2D eigenvalue weighted by atomic mass is 16.3. The number of hydrogen-bond donors (Lipinski definition) is 2. The lowest BCUT2D eigenvalue weighted by Crippen LogP contribution is -2.24. The summed E-state index contributed by atoms with van der Waals surface area (Å²) >= 11 is 0. The highest BCUT2D eigenvalue weighted by molar-refractivity contribution is 5.78. The minimum atomic E-state index is -0.753. The van der Waals surface area contributed by atoms with Gasteiger partial charge in [-0.05, 0) is 18.8 Å². The Labute approximate surface area is 115 Å². The Balaban J connectivity index is 2.27. The molecular formula is C15H26O4. The summed E-state index contributed by atoms with van der Waals surface area (Å²) in [5.74, 6) is -0.565. The van der Waals surface area contributed by atoms with Crippen LogP contribution >= 0.6 is 0 Å². The molecule has 0 unspecified atom stereocenters. The molecule has 0 saturated heterocycles. The van der Waals surface area contributed by atoms with E-state index >= 15 is 0 Å². The van der Waals surface area contributed by atoms with Crippen LogP contribution in [-0.4, -0.2) is 34.5 Å². The van der Waals surface area contributed by atoms with E-state index < -0.39 is 18.1 Å². The number of Topliss-reactive ketones (excluding diaryl/α,β-unsaturated/α-hetero) is 1. The molecule has 1 saturated carbocycles. The van der Waals surface area contributed by atoms with Gasteiger partial charge < -0.3 is 15.0 Å². The van der Waals surface area contributed by atoms with Crippen molar-refractivity contribution in [1.29, 1.82) is 0 Å². The first kappa shape index (κ1) is 16.3. The van der Waals surface area contributed by atoms with Gasteiger partial charge >= 0.3 is 0 Å². The number of aldehydes is 1. The summed E-state index contributed by atoms with van der Waals surface area (Å²) < 4.78 is 0. The van der Waals surface area contributed by atoms with Gasteiger partial charge in [0.25, 0.3) is 0 Å². The van der Waals surface area contributed by atoms with Crippen LogP contribution < -0.4 is 0 Å². The van der Waals surface area contributed by atoms with Gasteiger partial charge in [0.1, 0.15) is 12.1 Å². The third-order valence-corrected chi connectivity index (χ3v) is 4.14. The number of unbranched alkanes of at least 4 members (excludes halogenated alkanes) is 3. The summed E-state index contributed by atoms with van der Waals surface area (Å²) in [4.78, 5) is 22.6. The first-order valence-electron chi connectivity index (χ1n) is 7.43. The molecule has 110 valence electrons. The van der Waals surface area contributed by atoms with Crippen LogP contribution in [0.15, 0.2) is 0 Å². The smallest absolute Gasteiger partial charge is 0.132 e. The molecule has 0 spiro atoms. The zero-order valence-electron chi connectivity index (χ0n) is 11.8. The van der Waals surface area contributed by atoms with Crippen molar-refractivity contribution in [3.05, 3.63) is 0 Å². The monoisotopic (exact) mass is 270 g/mol. The molecule has 4 nitrogen and oxygen atoms in total. The zero-order chi connectivity index (χ0) is 14.3. The molecule has 0 aromatic heterocycles. The summed E-state index contributed by atoms with van der Waals surface area (Å²) in [6, 6.07) is 0. The maximum absolute atomic E-state index is 11.7. The Morgan fingerprint density at radius 1 is 1.16 bits per heavy atom. The highest BCUT2D eigenvalue weighted by Gasteiger charge is 2.41. The molecule has 1 aliphatic rings. The minimum Gasteiger partial charge on any atom is -0.393 e. The van der Waals surface area contributed by atoms with Gasteiger partial charge in [0.15, 0.2) is 0 Å². The van der Waals surface area contributed by atoms with E-state index in [2.05, 4.69) is 6.92 Å².